The van der Waals surface area contributed by atoms with Crippen LogP contribution in [-0.4, -0.2) is 31.3 Å². The van der Waals surface area contributed by atoms with Crippen LogP contribution in [0.4, 0.5) is 0 Å². The molecule has 1 saturated heterocycles. The minimum Gasteiger partial charge on any atom is -0.497 e. The smallest absolute Gasteiger partial charge is 0.119 e. The van der Waals surface area contributed by atoms with Crippen molar-refractivity contribution >= 4 is 0 Å². The SMILES string of the molecule is COc1cccc(CCC(N)N2CCCC2)c1. The van der Waals surface area contributed by atoms with Gasteiger partial charge in [0.2, 0.25) is 0 Å². The monoisotopic (exact) mass is 234 g/mol. The Bertz CT molecular complexity index is 348. The van der Waals surface area contributed by atoms with Crippen LogP contribution in [0.2, 0.25) is 0 Å². The van der Waals surface area contributed by atoms with Gasteiger partial charge in [-0.15, -0.1) is 0 Å². The Morgan fingerprint density at radius 2 is 2.12 bits per heavy atom. The van der Waals surface area contributed by atoms with Crippen LogP contribution in [0.5, 0.6) is 5.75 Å². The Balaban J connectivity index is 1.83. The van der Waals surface area contributed by atoms with Crippen LogP contribution in [0.15, 0.2) is 24.3 Å². The van der Waals surface area contributed by atoms with E-state index in [0.29, 0.717) is 0 Å². The summed E-state index contributed by atoms with van der Waals surface area (Å²) in [7, 11) is 1.70. The molecule has 2 N–H and O–H groups in total. The molecule has 3 nitrogen and oxygen atoms in total. The van der Waals surface area contributed by atoms with Gasteiger partial charge in [0, 0.05) is 0 Å². The number of likely N-dealkylation sites (tertiary alicyclic amines) is 1. The second-order valence-electron chi connectivity index (χ2n) is 4.70. The number of rotatable bonds is 5. The van der Waals surface area contributed by atoms with Gasteiger partial charge < -0.3 is 10.5 Å². The van der Waals surface area contributed by atoms with E-state index in [2.05, 4.69) is 17.0 Å². The fourth-order valence-corrected chi connectivity index (χ4v) is 2.40. The van der Waals surface area contributed by atoms with Gasteiger partial charge in [0.05, 0.1) is 13.3 Å². The normalized spacial score (nSPS) is 18.2. The highest BCUT2D eigenvalue weighted by Gasteiger charge is 2.17. The molecular formula is C14H22N2O. The van der Waals surface area contributed by atoms with Crippen molar-refractivity contribution < 1.29 is 4.74 Å². The van der Waals surface area contributed by atoms with Gasteiger partial charge in [-0.05, 0) is 56.5 Å². The highest BCUT2D eigenvalue weighted by molar-refractivity contribution is 5.28. The molecule has 0 spiro atoms. The maximum Gasteiger partial charge on any atom is 0.119 e. The number of methoxy groups -OCH3 is 1. The summed E-state index contributed by atoms with van der Waals surface area (Å²) in [6.45, 7) is 2.33. The second kappa shape index (κ2) is 6.03. The molecule has 0 aromatic heterocycles. The Labute approximate surface area is 104 Å². The molecule has 2 rings (SSSR count). The molecule has 1 heterocycles. The number of benzene rings is 1. The minimum absolute atomic E-state index is 0.212. The average molecular weight is 234 g/mol. The third kappa shape index (κ3) is 3.45. The second-order valence-corrected chi connectivity index (χ2v) is 4.70. The summed E-state index contributed by atoms with van der Waals surface area (Å²) in [6.07, 6.45) is 4.85. The summed E-state index contributed by atoms with van der Waals surface area (Å²) in [6, 6.07) is 8.25. The summed E-state index contributed by atoms with van der Waals surface area (Å²) in [5, 5.41) is 0. The zero-order valence-electron chi connectivity index (χ0n) is 10.6. The third-order valence-corrected chi connectivity index (χ3v) is 3.47. The van der Waals surface area contributed by atoms with Gasteiger partial charge in [-0.25, -0.2) is 0 Å². The van der Waals surface area contributed by atoms with Crippen molar-refractivity contribution in [2.45, 2.75) is 31.8 Å². The van der Waals surface area contributed by atoms with Crippen LogP contribution in [0.3, 0.4) is 0 Å². The van der Waals surface area contributed by atoms with Crippen molar-refractivity contribution in [2.75, 3.05) is 20.2 Å². The molecular weight excluding hydrogens is 212 g/mol. The fourth-order valence-electron chi connectivity index (χ4n) is 2.40. The molecule has 94 valence electrons. The molecule has 0 saturated carbocycles. The number of ether oxygens (including phenoxy) is 1. The molecule has 0 radical (unpaired) electrons. The van der Waals surface area contributed by atoms with Gasteiger partial charge in [0.25, 0.3) is 0 Å². The molecule has 1 aromatic rings. The predicted octanol–water partition coefficient (Wildman–Crippen LogP) is 2.01. The van der Waals surface area contributed by atoms with Gasteiger partial charge >= 0.3 is 0 Å². The molecule has 17 heavy (non-hydrogen) atoms. The third-order valence-electron chi connectivity index (χ3n) is 3.47. The number of aryl methyl sites for hydroxylation is 1. The zero-order chi connectivity index (χ0) is 12.1. The van der Waals surface area contributed by atoms with Crippen LogP contribution in [-0.2, 0) is 6.42 Å². The molecule has 1 atom stereocenters. The lowest BCUT2D eigenvalue weighted by molar-refractivity contribution is 0.236. The topological polar surface area (TPSA) is 38.5 Å². The van der Waals surface area contributed by atoms with Crippen LogP contribution in [0, 0.1) is 0 Å². The number of nitrogens with two attached hydrogens (primary N) is 1. The Morgan fingerprint density at radius 1 is 1.35 bits per heavy atom. The Morgan fingerprint density at radius 3 is 2.82 bits per heavy atom. The average Bonchev–Trinajstić information content (AvgIpc) is 2.90. The van der Waals surface area contributed by atoms with Crippen molar-refractivity contribution in [3.05, 3.63) is 29.8 Å². The van der Waals surface area contributed by atoms with E-state index in [1.54, 1.807) is 7.11 Å². The van der Waals surface area contributed by atoms with E-state index < -0.39 is 0 Å². The first-order valence-electron chi connectivity index (χ1n) is 6.42. The highest BCUT2D eigenvalue weighted by atomic mass is 16.5. The number of hydrogen-bond acceptors (Lipinski definition) is 3. The Hall–Kier alpha value is -1.06. The molecule has 1 unspecified atom stereocenters. The predicted molar refractivity (Wildman–Crippen MR) is 70.1 cm³/mol. The quantitative estimate of drug-likeness (QED) is 0.847. The molecule has 0 aliphatic carbocycles. The maximum atomic E-state index is 6.19. The summed E-state index contributed by atoms with van der Waals surface area (Å²) in [5.74, 6) is 0.928. The van der Waals surface area contributed by atoms with Crippen LogP contribution < -0.4 is 10.5 Å². The Kier molecular flexibility index (Phi) is 4.40. The van der Waals surface area contributed by atoms with E-state index in [9.17, 15) is 0 Å². The van der Waals surface area contributed by atoms with Crippen LogP contribution in [0.25, 0.3) is 0 Å². The molecule has 1 aromatic carbocycles. The summed E-state index contributed by atoms with van der Waals surface area (Å²) >= 11 is 0. The van der Waals surface area contributed by atoms with Crippen LogP contribution in [0.1, 0.15) is 24.8 Å². The summed E-state index contributed by atoms with van der Waals surface area (Å²) < 4.78 is 5.22. The molecule has 1 aliphatic heterocycles. The van der Waals surface area contributed by atoms with Crippen LogP contribution >= 0.6 is 0 Å². The summed E-state index contributed by atoms with van der Waals surface area (Å²) in [5.41, 5.74) is 7.50. The van der Waals surface area contributed by atoms with Gasteiger partial charge in [-0.1, -0.05) is 12.1 Å². The fraction of sp³-hybridized carbons (Fsp3) is 0.571. The van der Waals surface area contributed by atoms with Gasteiger partial charge in [0.15, 0.2) is 0 Å². The van der Waals surface area contributed by atoms with Gasteiger partial charge in [-0.2, -0.15) is 0 Å². The lowest BCUT2D eigenvalue weighted by Gasteiger charge is -2.23. The lowest BCUT2D eigenvalue weighted by atomic mass is 10.1. The first-order chi connectivity index (χ1) is 8.29. The lowest BCUT2D eigenvalue weighted by Crippen LogP contribution is -2.40. The molecule has 1 fully saturated rings. The maximum absolute atomic E-state index is 6.19. The number of nitrogens with zero attached hydrogens (tertiary/aromatic N) is 1. The van der Waals surface area contributed by atoms with E-state index in [1.165, 1.54) is 31.5 Å². The van der Waals surface area contributed by atoms with Gasteiger partial charge in [-0.3, -0.25) is 4.90 Å². The van der Waals surface area contributed by atoms with Crippen molar-refractivity contribution in [3.8, 4) is 5.75 Å². The molecule has 3 heteroatoms. The summed E-state index contributed by atoms with van der Waals surface area (Å²) in [4.78, 5) is 2.39. The first kappa shape index (κ1) is 12.4. The van der Waals surface area contributed by atoms with Crippen molar-refractivity contribution in [2.24, 2.45) is 5.73 Å². The van der Waals surface area contributed by atoms with Crippen molar-refractivity contribution in [3.63, 3.8) is 0 Å². The number of hydrogen-bond donors (Lipinski definition) is 1. The van der Waals surface area contributed by atoms with Crippen molar-refractivity contribution in [1.29, 1.82) is 0 Å². The van der Waals surface area contributed by atoms with E-state index in [-0.39, 0.29) is 6.17 Å². The van der Waals surface area contributed by atoms with E-state index >= 15 is 0 Å². The van der Waals surface area contributed by atoms with Gasteiger partial charge in [0.1, 0.15) is 5.75 Å². The van der Waals surface area contributed by atoms with Crippen molar-refractivity contribution in [1.82, 2.24) is 4.90 Å². The largest absolute Gasteiger partial charge is 0.497 e. The molecule has 1 aliphatic rings. The zero-order valence-corrected chi connectivity index (χ0v) is 10.6. The molecule has 0 amide bonds. The first-order valence-corrected chi connectivity index (χ1v) is 6.42. The van der Waals surface area contributed by atoms with E-state index in [4.69, 9.17) is 10.5 Å². The highest BCUT2D eigenvalue weighted by Crippen LogP contribution is 2.16. The standard InChI is InChI=1S/C14H22N2O/c1-17-13-6-4-5-12(11-13)7-8-14(15)16-9-2-3-10-16/h4-6,11,14H,2-3,7-10,15H2,1H3. The van der Waals surface area contributed by atoms with E-state index in [0.717, 1.165) is 18.6 Å². The molecule has 0 bridgehead atoms. The van der Waals surface area contributed by atoms with E-state index in [1.807, 2.05) is 12.1 Å². The minimum atomic E-state index is 0.212.